The number of aliphatic carboxylic acids is 1. The van der Waals surface area contributed by atoms with Gasteiger partial charge in [0.05, 0.1) is 0 Å². The molecule has 6 heavy (non-hydrogen) atoms. The van der Waals surface area contributed by atoms with Crippen molar-refractivity contribution in [1.82, 2.24) is 0 Å². The molecule has 2 nitrogen and oxygen atoms in total. The predicted octanol–water partition coefficient (Wildman–Crippen LogP) is 0.0859. The monoisotopic (exact) mass is 168 g/mol. The maximum atomic E-state index is 9.00. The Kier molecular flexibility index (Phi) is 24.3. The third kappa shape index (κ3) is 206. The Morgan fingerprint density at radius 3 is 1.67 bits per heavy atom. The first kappa shape index (κ1) is 16.0. The molecule has 0 aliphatic carbocycles. The quantitative estimate of drug-likeness (QED) is 0.520. The predicted molar refractivity (Wildman–Crippen MR) is 13.3 cm³/mol. The second-order valence-corrected chi connectivity index (χ2v) is 0.519. The van der Waals surface area contributed by atoms with Crippen LogP contribution in [0.25, 0.3) is 0 Å². The second-order valence-electron chi connectivity index (χ2n) is 0.519. The van der Waals surface area contributed by atoms with Crippen molar-refractivity contribution in [2.45, 2.75) is 6.92 Å². The molecule has 0 radical (unpaired) electrons. The van der Waals surface area contributed by atoms with E-state index in [0.29, 0.717) is 0 Å². The van der Waals surface area contributed by atoms with E-state index in [9.17, 15) is 0 Å². The molecule has 0 aromatic rings. The summed E-state index contributed by atoms with van der Waals surface area (Å²) in [5.41, 5.74) is 0. The zero-order valence-electron chi connectivity index (χ0n) is 3.12. The summed E-state index contributed by atoms with van der Waals surface area (Å²) < 4.78 is 0. The number of carboxylic acid groups (broad SMARTS) is 1. The summed E-state index contributed by atoms with van der Waals surface area (Å²) in [5, 5.41) is 7.42. The molecule has 0 atom stereocenters. The van der Waals surface area contributed by atoms with E-state index in [2.05, 4.69) is 0 Å². The van der Waals surface area contributed by atoms with E-state index in [1.165, 1.54) is 0 Å². The third-order valence-electron chi connectivity index (χ3n) is 0. The van der Waals surface area contributed by atoms with Crippen LogP contribution in [-0.2, 0) is 39.2 Å². The van der Waals surface area contributed by atoms with Gasteiger partial charge in [-0.05, 0) is 0 Å². The van der Waals surface area contributed by atoms with E-state index in [1.54, 1.807) is 0 Å². The summed E-state index contributed by atoms with van der Waals surface area (Å²) in [5.74, 6) is -0.833. The van der Waals surface area contributed by atoms with Gasteiger partial charge in [-0.15, -0.1) is 0 Å². The minimum atomic E-state index is -0.833. The first-order chi connectivity index (χ1) is 1.73. The van der Waals surface area contributed by atoms with Crippen LogP contribution in [0.3, 0.4) is 0 Å². The SMILES string of the molecule is CC(=O)O.[Cr].[Fe]. The van der Waals surface area contributed by atoms with Crippen molar-refractivity contribution < 1.29 is 44.3 Å². The van der Waals surface area contributed by atoms with Gasteiger partial charge in [-0.3, -0.25) is 4.79 Å². The van der Waals surface area contributed by atoms with Gasteiger partial charge in [0.1, 0.15) is 0 Å². The maximum absolute atomic E-state index is 9.00. The molecule has 4 heteroatoms. The Hall–Kier alpha value is 0.522. The second kappa shape index (κ2) is 9.10. The molecule has 0 aliphatic heterocycles. The third-order valence-corrected chi connectivity index (χ3v) is 0. The van der Waals surface area contributed by atoms with Gasteiger partial charge in [-0.1, -0.05) is 0 Å². The van der Waals surface area contributed by atoms with Crippen LogP contribution in [0.5, 0.6) is 0 Å². The normalized spacial score (nSPS) is 4.17. The van der Waals surface area contributed by atoms with E-state index in [4.69, 9.17) is 9.90 Å². The number of carbonyl (C=O) groups is 1. The number of hydrogen-bond acceptors (Lipinski definition) is 1. The van der Waals surface area contributed by atoms with Crippen LogP contribution in [0.15, 0.2) is 0 Å². The zero-order chi connectivity index (χ0) is 3.58. The summed E-state index contributed by atoms with van der Waals surface area (Å²) >= 11 is 0. The topological polar surface area (TPSA) is 37.3 Å². The molecular weight excluding hydrogens is 164 g/mol. The van der Waals surface area contributed by atoms with Gasteiger partial charge in [0.2, 0.25) is 0 Å². The molecule has 0 saturated heterocycles. The average Bonchev–Trinajstić information content (AvgIpc) is 0.811. The van der Waals surface area contributed by atoms with E-state index < -0.39 is 5.97 Å². The van der Waals surface area contributed by atoms with Crippen molar-refractivity contribution in [1.29, 1.82) is 0 Å². The van der Waals surface area contributed by atoms with Crippen LogP contribution in [0.2, 0.25) is 0 Å². The van der Waals surface area contributed by atoms with Gasteiger partial charge in [-0.25, -0.2) is 0 Å². The van der Waals surface area contributed by atoms with Crippen LogP contribution < -0.4 is 0 Å². The maximum Gasteiger partial charge on any atom is 0.300 e. The number of rotatable bonds is 0. The first-order valence-corrected chi connectivity index (χ1v) is 0.928. The molecule has 0 aromatic carbocycles. The van der Waals surface area contributed by atoms with Gasteiger partial charge in [0, 0.05) is 41.4 Å². The number of hydrogen-bond donors (Lipinski definition) is 1. The van der Waals surface area contributed by atoms with Crippen molar-refractivity contribution in [3.63, 3.8) is 0 Å². The summed E-state index contributed by atoms with van der Waals surface area (Å²) in [6.45, 7) is 1.08. The van der Waals surface area contributed by atoms with E-state index >= 15 is 0 Å². The Bertz CT molecular complexity index is 34.5. The summed E-state index contributed by atoms with van der Waals surface area (Å²) in [6.07, 6.45) is 0. The fourth-order valence-electron chi connectivity index (χ4n) is 0. The fraction of sp³-hybridized carbons (Fsp3) is 0.500. The molecule has 0 spiro atoms. The Morgan fingerprint density at radius 1 is 1.67 bits per heavy atom. The van der Waals surface area contributed by atoms with Crippen LogP contribution >= 0.6 is 0 Å². The van der Waals surface area contributed by atoms with Gasteiger partial charge in [0.15, 0.2) is 0 Å². The van der Waals surface area contributed by atoms with Crippen molar-refractivity contribution >= 4 is 5.97 Å². The average molecular weight is 168 g/mol. The molecule has 1 N–H and O–H groups in total. The van der Waals surface area contributed by atoms with Crippen molar-refractivity contribution in [2.75, 3.05) is 0 Å². The standard InChI is InChI=1S/C2H4O2.Cr.Fe/c1-2(3)4;;/h1H3,(H,3,4);;. The molecule has 0 fully saturated rings. The minimum Gasteiger partial charge on any atom is -0.481 e. The van der Waals surface area contributed by atoms with E-state index in [-0.39, 0.29) is 34.4 Å². The van der Waals surface area contributed by atoms with Crippen molar-refractivity contribution in [2.24, 2.45) is 0 Å². The molecule has 0 amide bonds. The van der Waals surface area contributed by atoms with Crippen LogP contribution in [-0.4, -0.2) is 11.1 Å². The summed E-state index contributed by atoms with van der Waals surface area (Å²) in [6, 6.07) is 0. The van der Waals surface area contributed by atoms with Gasteiger partial charge in [-0.2, -0.15) is 0 Å². The van der Waals surface area contributed by atoms with Gasteiger partial charge in [0.25, 0.3) is 5.97 Å². The first-order valence-electron chi connectivity index (χ1n) is 0.928. The number of carboxylic acids is 1. The smallest absolute Gasteiger partial charge is 0.300 e. The van der Waals surface area contributed by atoms with Gasteiger partial charge >= 0.3 is 0 Å². The molecular formula is C2H4CrFeO2. The van der Waals surface area contributed by atoms with E-state index in [0.717, 1.165) is 6.92 Å². The zero-order valence-corrected chi connectivity index (χ0v) is 5.50. The Morgan fingerprint density at radius 2 is 1.67 bits per heavy atom. The largest absolute Gasteiger partial charge is 0.481 e. The molecule has 0 aromatic heterocycles. The molecule has 0 saturated carbocycles. The Balaban J connectivity index is -0.0000000450. The van der Waals surface area contributed by atoms with Gasteiger partial charge < -0.3 is 5.11 Å². The molecule has 0 aliphatic rings. The summed E-state index contributed by atoms with van der Waals surface area (Å²) in [7, 11) is 0. The fourth-order valence-corrected chi connectivity index (χ4v) is 0. The van der Waals surface area contributed by atoms with Crippen LogP contribution in [0, 0.1) is 0 Å². The summed E-state index contributed by atoms with van der Waals surface area (Å²) in [4.78, 5) is 9.00. The van der Waals surface area contributed by atoms with Crippen molar-refractivity contribution in [3.8, 4) is 0 Å². The molecule has 38 valence electrons. The molecule has 0 unspecified atom stereocenters. The minimum absolute atomic E-state index is 0. The molecule has 0 bridgehead atoms. The molecule has 0 rings (SSSR count). The van der Waals surface area contributed by atoms with Crippen molar-refractivity contribution in [3.05, 3.63) is 0 Å². The van der Waals surface area contributed by atoms with Crippen LogP contribution in [0.4, 0.5) is 0 Å². The molecule has 0 heterocycles. The Labute approximate surface area is 57.5 Å². The van der Waals surface area contributed by atoms with Crippen LogP contribution in [0.1, 0.15) is 6.92 Å². The van der Waals surface area contributed by atoms with E-state index in [1.807, 2.05) is 0 Å².